The molecule has 4 nitrogen and oxygen atoms in total. The highest BCUT2D eigenvalue weighted by Crippen LogP contribution is 2.30. The van der Waals surface area contributed by atoms with Crippen LogP contribution in [0, 0.1) is 5.92 Å². The molecule has 0 aromatic rings. The first-order chi connectivity index (χ1) is 9.79. The zero-order valence-electron chi connectivity index (χ0n) is 12.7. The molecular weight excluding hydrogens is 252 g/mol. The van der Waals surface area contributed by atoms with Crippen molar-refractivity contribution in [1.29, 1.82) is 0 Å². The number of rotatable bonds is 6. The number of nitrogens with zero attached hydrogens (tertiary/aromatic N) is 2. The van der Waals surface area contributed by atoms with Crippen molar-refractivity contribution in [3.8, 4) is 0 Å². The fourth-order valence-corrected chi connectivity index (χ4v) is 3.86. The van der Waals surface area contributed by atoms with E-state index in [4.69, 9.17) is 4.74 Å². The molecule has 3 rings (SSSR count). The SMILES string of the molecule is CCN1CCC[C@@H]1[C@@H]1CCCN1C(=O)COCC1CC1. The van der Waals surface area contributed by atoms with Crippen LogP contribution in [0.3, 0.4) is 0 Å². The van der Waals surface area contributed by atoms with Crippen LogP contribution in [0.4, 0.5) is 0 Å². The van der Waals surface area contributed by atoms with E-state index < -0.39 is 0 Å². The summed E-state index contributed by atoms with van der Waals surface area (Å²) in [6.45, 7) is 6.57. The Morgan fingerprint density at radius 3 is 2.60 bits per heavy atom. The summed E-state index contributed by atoms with van der Waals surface area (Å²) in [5.41, 5.74) is 0. The second-order valence-corrected chi connectivity index (χ2v) is 6.59. The molecule has 1 aliphatic carbocycles. The fraction of sp³-hybridized carbons (Fsp3) is 0.938. The van der Waals surface area contributed by atoms with E-state index in [1.165, 1.54) is 38.6 Å². The van der Waals surface area contributed by atoms with Gasteiger partial charge < -0.3 is 9.64 Å². The summed E-state index contributed by atoms with van der Waals surface area (Å²) in [4.78, 5) is 17.1. The monoisotopic (exact) mass is 280 g/mol. The minimum absolute atomic E-state index is 0.219. The van der Waals surface area contributed by atoms with Gasteiger partial charge >= 0.3 is 0 Å². The van der Waals surface area contributed by atoms with Gasteiger partial charge in [0.05, 0.1) is 6.61 Å². The van der Waals surface area contributed by atoms with Crippen LogP contribution < -0.4 is 0 Å². The highest BCUT2D eigenvalue weighted by Gasteiger charge is 2.39. The smallest absolute Gasteiger partial charge is 0.248 e. The number of likely N-dealkylation sites (tertiary alicyclic amines) is 2. The molecule has 0 aromatic heterocycles. The molecule has 20 heavy (non-hydrogen) atoms. The van der Waals surface area contributed by atoms with Gasteiger partial charge in [-0.1, -0.05) is 6.92 Å². The van der Waals surface area contributed by atoms with E-state index in [2.05, 4.69) is 16.7 Å². The van der Waals surface area contributed by atoms with Gasteiger partial charge in [-0.3, -0.25) is 9.69 Å². The second-order valence-electron chi connectivity index (χ2n) is 6.59. The maximum absolute atomic E-state index is 12.4. The van der Waals surface area contributed by atoms with Crippen molar-refractivity contribution in [2.75, 3.05) is 32.8 Å². The standard InChI is InChI=1S/C16H28N2O2/c1-2-17-9-3-5-14(17)15-6-4-10-18(15)16(19)12-20-11-13-7-8-13/h13-15H,2-12H2,1H3/t14-,15+/m1/s1. The Bertz CT molecular complexity index is 343. The number of hydrogen-bond donors (Lipinski definition) is 0. The molecule has 0 radical (unpaired) electrons. The zero-order chi connectivity index (χ0) is 13.9. The van der Waals surface area contributed by atoms with Crippen molar-refractivity contribution in [1.82, 2.24) is 9.80 Å². The molecule has 0 aromatic carbocycles. The third kappa shape index (κ3) is 3.17. The van der Waals surface area contributed by atoms with Gasteiger partial charge in [-0.2, -0.15) is 0 Å². The molecule has 0 N–H and O–H groups in total. The van der Waals surface area contributed by atoms with Gasteiger partial charge in [0.25, 0.3) is 0 Å². The van der Waals surface area contributed by atoms with E-state index in [1.807, 2.05) is 0 Å². The molecule has 0 bridgehead atoms. The van der Waals surface area contributed by atoms with Crippen molar-refractivity contribution >= 4 is 5.91 Å². The molecule has 3 fully saturated rings. The molecule has 114 valence electrons. The van der Waals surface area contributed by atoms with E-state index >= 15 is 0 Å². The minimum atomic E-state index is 0.219. The van der Waals surface area contributed by atoms with Crippen LogP contribution in [-0.4, -0.2) is 60.6 Å². The fourth-order valence-electron chi connectivity index (χ4n) is 3.86. The van der Waals surface area contributed by atoms with Crippen molar-refractivity contribution in [3.63, 3.8) is 0 Å². The van der Waals surface area contributed by atoms with Crippen LogP contribution in [-0.2, 0) is 9.53 Å². The van der Waals surface area contributed by atoms with Crippen LogP contribution in [0.1, 0.15) is 45.4 Å². The lowest BCUT2D eigenvalue weighted by atomic mass is 10.0. The van der Waals surface area contributed by atoms with Crippen LogP contribution >= 0.6 is 0 Å². The summed E-state index contributed by atoms with van der Waals surface area (Å²) >= 11 is 0. The Morgan fingerprint density at radius 2 is 1.85 bits per heavy atom. The largest absolute Gasteiger partial charge is 0.371 e. The van der Waals surface area contributed by atoms with E-state index in [0.29, 0.717) is 18.7 Å². The van der Waals surface area contributed by atoms with Gasteiger partial charge in [0, 0.05) is 18.6 Å². The topological polar surface area (TPSA) is 32.8 Å². The van der Waals surface area contributed by atoms with Crippen molar-refractivity contribution in [2.45, 2.75) is 57.5 Å². The predicted octanol–water partition coefficient (Wildman–Crippen LogP) is 1.89. The summed E-state index contributed by atoms with van der Waals surface area (Å²) in [6.07, 6.45) is 7.45. The lowest BCUT2D eigenvalue weighted by Crippen LogP contribution is -2.49. The lowest BCUT2D eigenvalue weighted by molar-refractivity contribution is -0.138. The number of likely N-dealkylation sites (N-methyl/N-ethyl adjacent to an activating group) is 1. The van der Waals surface area contributed by atoms with E-state index in [9.17, 15) is 4.79 Å². The number of amides is 1. The van der Waals surface area contributed by atoms with Crippen molar-refractivity contribution < 1.29 is 9.53 Å². The van der Waals surface area contributed by atoms with Gasteiger partial charge in [-0.15, -0.1) is 0 Å². The Balaban J connectivity index is 1.52. The van der Waals surface area contributed by atoms with Crippen LogP contribution in [0.25, 0.3) is 0 Å². The Kier molecular flexibility index (Phi) is 4.61. The van der Waals surface area contributed by atoms with Crippen molar-refractivity contribution in [2.24, 2.45) is 5.92 Å². The maximum atomic E-state index is 12.4. The maximum Gasteiger partial charge on any atom is 0.248 e. The highest BCUT2D eigenvalue weighted by molar-refractivity contribution is 5.78. The molecule has 2 heterocycles. The number of carbonyl (C=O) groups is 1. The average Bonchev–Trinajstić information content (AvgIpc) is 2.98. The molecule has 3 aliphatic rings. The molecule has 2 saturated heterocycles. The van der Waals surface area contributed by atoms with Gasteiger partial charge in [0.2, 0.25) is 5.91 Å². The summed E-state index contributed by atoms with van der Waals surface area (Å²) in [5.74, 6) is 0.957. The first-order valence-corrected chi connectivity index (χ1v) is 8.41. The second kappa shape index (κ2) is 6.44. The highest BCUT2D eigenvalue weighted by atomic mass is 16.5. The van der Waals surface area contributed by atoms with E-state index in [-0.39, 0.29) is 5.91 Å². The molecule has 2 atom stereocenters. The first kappa shape index (κ1) is 14.3. The van der Waals surface area contributed by atoms with Gasteiger partial charge in [-0.05, 0) is 57.5 Å². The Labute approximate surface area is 122 Å². The van der Waals surface area contributed by atoms with Crippen LogP contribution in [0.5, 0.6) is 0 Å². The number of ether oxygens (including phenoxy) is 1. The summed E-state index contributed by atoms with van der Waals surface area (Å²) in [5, 5.41) is 0. The predicted molar refractivity (Wildman–Crippen MR) is 78.5 cm³/mol. The molecule has 1 saturated carbocycles. The third-order valence-electron chi connectivity index (χ3n) is 5.16. The normalized spacial score (nSPS) is 31.1. The average molecular weight is 280 g/mol. The Morgan fingerprint density at radius 1 is 1.10 bits per heavy atom. The summed E-state index contributed by atoms with van der Waals surface area (Å²) in [7, 11) is 0. The molecule has 1 amide bonds. The minimum Gasteiger partial charge on any atom is -0.371 e. The molecule has 4 heteroatoms. The zero-order valence-corrected chi connectivity index (χ0v) is 12.7. The first-order valence-electron chi connectivity index (χ1n) is 8.41. The number of hydrogen-bond acceptors (Lipinski definition) is 3. The molecule has 0 spiro atoms. The van der Waals surface area contributed by atoms with Crippen LogP contribution in [0.2, 0.25) is 0 Å². The van der Waals surface area contributed by atoms with Gasteiger partial charge in [0.15, 0.2) is 0 Å². The molecule has 2 aliphatic heterocycles. The lowest BCUT2D eigenvalue weighted by Gasteiger charge is -2.34. The van der Waals surface area contributed by atoms with Gasteiger partial charge in [0.1, 0.15) is 6.61 Å². The Hall–Kier alpha value is -0.610. The van der Waals surface area contributed by atoms with E-state index in [0.717, 1.165) is 32.0 Å². The van der Waals surface area contributed by atoms with Crippen molar-refractivity contribution in [3.05, 3.63) is 0 Å². The molecular formula is C16H28N2O2. The third-order valence-corrected chi connectivity index (χ3v) is 5.16. The molecule has 0 unspecified atom stereocenters. The summed E-state index contributed by atoms with van der Waals surface area (Å²) < 4.78 is 5.59. The van der Waals surface area contributed by atoms with E-state index in [1.54, 1.807) is 0 Å². The quantitative estimate of drug-likeness (QED) is 0.745. The number of carbonyl (C=O) groups excluding carboxylic acids is 1. The van der Waals surface area contributed by atoms with Crippen LogP contribution in [0.15, 0.2) is 0 Å². The summed E-state index contributed by atoms with van der Waals surface area (Å²) in [6, 6.07) is 1.03. The van der Waals surface area contributed by atoms with Gasteiger partial charge in [-0.25, -0.2) is 0 Å².